The summed E-state index contributed by atoms with van der Waals surface area (Å²) < 4.78 is 5.52. The highest BCUT2D eigenvalue weighted by atomic mass is 35.5. The molecule has 0 aliphatic rings. The Labute approximate surface area is 121 Å². The third-order valence-corrected chi connectivity index (χ3v) is 3.82. The molecule has 0 fully saturated rings. The summed E-state index contributed by atoms with van der Waals surface area (Å²) in [6, 6.07) is 15.7. The molecular formula is C16H12Cl2O. The Balaban J connectivity index is 1.87. The SMILES string of the molecule is Clc1ccc(CC(Cl)c2coc3ccccc23)cc1. The number of hydrogen-bond acceptors (Lipinski definition) is 1. The summed E-state index contributed by atoms with van der Waals surface area (Å²) in [5.41, 5.74) is 3.07. The Kier molecular flexibility index (Phi) is 3.50. The van der Waals surface area contributed by atoms with Gasteiger partial charge in [-0.25, -0.2) is 0 Å². The first-order valence-corrected chi connectivity index (χ1v) is 6.90. The molecule has 1 aromatic heterocycles. The van der Waals surface area contributed by atoms with Crippen molar-refractivity contribution in [3.05, 3.63) is 70.9 Å². The molecule has 3 rings (SSSR count). The van der Waals surface area contributed by atoms with Crippen LogP contribution in [-0.2, 0) is 6.42 Å². The molecule has 0 radical (unpaired) electrons. The van der Waals surface area contributed by atoms with E-state index in [2.05, 4.69) is 0 Å². The molecule has 3 aromatic rings. The van der Waals surface area contributed by atoms with Gasteiger partial charge in [-0.15, -0.1) is 11.6 Å². The number of fused-ring (bicyclic) bond motifs is 1. The number of halogens is 2. The molecule has 0 aliphatic heterocycles. The van der Waals surface area contributed by atoms with Gasteiger partial charge >= 0.3 is 0 Å². The van der Waals surface area contributed by atoms with E-state index in [1.807, 2.05) is 48.5 Å². The number of rotatable bonds is 3. The van der Waals surface area contributed by atoms with Crippen molar-refractivity contribution in [3.63, 3.8) is 0 Å². The number of para-hydroxylation sites is 1. The van der Waals surface area contributed by atoms with Crippen molar-refractivity contribution in [3.8, 4) is 0 Å². The molecule has 3 heteroatoms. The summed E-state index contributed by atoms with van der Waals surface area (Å²) in [5, 5.41) is 1.71. The molecule has 0 aliphatic carbocycles. The summed E-state index contributed by atoms with van der Waals surface area (Å²) in [4.78, 5) is 0. The van der Waals surface area contributed by atoms with Crippen LogP contribution in [0.3, 0.4) is 0 Å². The normalized spacial score (nSPS) is 12.7. The number of benzene rings is 2. The molecule has 0 saturated carbocycles. The minimum Gasteiger partial charge on any atom is -0.464 e. The van der Waals surface area contributed by atoms with Crippen LogP contribution in [0.1, 0.15) is 16.5 Å². The first-order valence-electron chi connectivity index (χ1n) is 6.08. The van der Waals surface area contributed by atoms with Gasteiger partial charge in [0.05, 0.1) is 11.6 Å². The molecule has 0 saturated heterocycles. The predicted molar refractivity (Wildman–Crippen MR) is 80.0 cm³/mol. The van der Waals surface area contributed by atoms with Crippen LogP contribution in [-0.4, -0.2) is 0 Å². The van der Waals surface area contributed by atoms with E-state index in [-0.39, 0.29) is 5.38 Å². The predicted octanol–water partition coefficient (Wildman–Crippen LogP) is 5.61. The largest absolute Gasteiger partial charge is 0.464 e. The average Bonchev–Trinajstić information content (AvgIpc) is 2.85. The minimum atomic E-state index is -0.107. The lowest BCUT2D eigenvalue weighted by atomic mass is 10.0. The van der Waals surface area contributed by atoms with Crippen molar-refractivity contribution in [1.82, 2.24) is 0 Å². The van der Waals surface area contributed by atoms with Crippen LogP contribution in [0.5, 0.6) is 0 Å². The van der Waals surface area contributed by atoms with Crippen LogP contribution < -0.4 is 0 Å². The first-order chi connectivity index (χ1) is 9.24. The van der Waals surface area contributed by atoms with Crippen LogP contribution in [0.15, 0.2) is 59.2 Å². The Morgan fingerprint density at radius 2 is 1.74 bits per heavy atom. The Morgan fingerprint density at radius 3 is 2.53 bits per heavy atom. The maximum absolute atomic E-state index is 6.51. The van der Waals surface area contributed by atoms with Crippen molar-refractivity contribution in [1.29, 1.82) is 0 Å². The molecule has 96 valence electrons. The van der Waals surface area contributed by atoms with Crippen LogP contribution >= 0.6 is 23.2 Å². The standard InChI is InChI=1S/C16H12Cl2O/c17-12-7-5-11(6-8-12)9-15(18)14-10-19-16-4-2-1-3-13(14)16/h1-8,10,15H,9H2. The summed E-state index contributed by atoms with van der Waals surface area (Å²) in [7, 11) is 0. The maximum atomic E-state index is 6.51. The Hall–Kier alpha value is -1.44. The Bertz CT molecular complexity index is 685. The Morgan fingerprint density at radius 1 is 1.00 bits per heavy atom. The summed E-state index contributed by atoms with van der Waals surface area (Å²) in [6.45, 7) is 0. The molecule has 1 atom stereocenters. The van der Waals surface area contributed by atoms with Gasteiger partial charge in [0, 0.05) is 16.0 Å². The van der Waals surface area contributed by atoms with Gasteiger partial charge < -0.3 is 4.42 Å². The van der Waals surface area contributed by atoms with Gasteiger partial charge in [0.2, 0.25) is 0 Å². The monoisotopic (exact) mass is 290 g/mol. The fraction of sp³-hybridized carbons (Fsp3) is 0.125. The van der Waals surface area contributed by atoms with Crippen LogP contribution in [0.25, 0.3) is 11.0 Å². The van der Waals surface area contributed by atoms with E-state index in [9.17, 15) is 0 Å². The minimum absolute atomic E-state index is 0.107. The topological polar surface area (TPSA) is 13.1 Å². The van der Waals surface area contributed by atoms with E-state index >= 15 is 0 Å². The molecule has 1 unspecified atom stereocenters. The van der Waals surface area contributed by atoms with Crippen LogP contribution in [0, 0.1) is 0 Å². The van der Waals surface area contributed by atoms with Gasteiger partial charge in [-0.2, -0.15) is 0 Å². The fourth-order valence-corrected chi connectivity index (χ4v) is 2.65. The van der Waals surface area contributed by atoms with Gasteiger partial charge in [0.15, 0.2) is 0 Å². The zero-order valence-electron chi connectivity index (χ0n) is 10.1. The molecule has 1 heterocycles. The van der Waals surface area contributed by atoms with E-state index in [0.717, 1.165) is 33.5 Å². The third-order valence-electron chi connectivity index (χ3n) is 3.18. The molecule has 2 aromatic carbocycles. The second kappa shape index (κ2) is 5.28. The summed E-state index contributed by atoms with van der Waals surface area (Å²) in [6.07, 6.45) is 2.50. The molecular weight excluding hydrogens is 279 g/mol. The van der Waals surface area contributed by atoms with E-state index in [1.54, 1.807) is 6.26 Å². The molecule has 19 heavy (non-hydrogen) atoms. The quantitative estimate of drug-likeness (QED) is 0.572. The zero-order valence-corrected chi connectivity index (χ0v) is 11.7. The van der Waals surface area contributed by atoms with Crippen LogP contribution in [0.4, 0.5) is 0 Å². The van der Waals surface area contributed by atoms with Gasteiger partial charge in [-0.3, -0.25) is 0 Å². The van der Waals surface area contributed by atoms with Gasteiger partial charge in [-0.1, -0.05) is 41.9 Å². The first kappa shape index (κ1) is 12.6. The zero-order chi connectivity index (χ0) is 13.2. The smallest absolute Gasteiger partial charge is 0.134 e. The molecule has 0 amide bonds. The molecule has 1 nitrogen and oxygen atoms in total. The lowest BCUT2D eigenvalue weighted by molar-refractivity contribution is 0.609. The van der Waals surface area contributed by atoms with E-state index in [4.69, 9.17) is 27.6 Å². The van der Waals surface area contributed by atoms with E-state index < -0.39 is 0 Å². The second-order valence-corrected chi connectivity index (χ2v) is 5.45. The van der Waals surface area contributed by atoms with Gasteiger partial charge in [0.1, 0.15) is 5.58 Å². The van der Waals surface area contributed by atoms with Crippen molar-refractivity contribution in [2.24, 2.45) is 0 Å². The third kappa shape index (κ3) is 2.63. The number of alkyl halides is 1. The summed E-state index contributed by atoms with van der Waals surface area (Å²) in [5.74, 6) is 0. The highest BCUT2D eigenvalue weighted by molar-refractivity contribution is 6.30. The van der Waals surface area contributed by atoms with E-state index in [1.165, 1.54) is 0 Å². The lowest BCUT2D eigenvalue weighted by Gasteiger charge is -2.08. The van der Waals surface area contributed by atoms with Crippen molar-refractivity contribution < 1.29 is 4.42 Å². The number of furan rings is 1. The lowest BCUT2D eigenvalue weighted by Crippen LogP contribution is -1.94. The average molecular weight is 291 g/mol. The van der Waals surface area contributed by atoms with Crippen molar-refractivity contribution in [2.75, 3.05) is 0 Å². The molecule has 0 bridgehead atoms. The molecule has 0 N–H and O–H groups in total. The van der Waals surface area contributed by atoms with Crippen LogP contribution in [0.2, 0.25) is 5.02 Å². The maximum Gasteiger partial charge on any atom is 0.134 e. The highest BCUT2D eigenvalue weighted by Crippen LogP contribution is 2.32. The van der Waals surface area contributed by atoms with Crippen molar-refractivity contribution in [2.45, 2.75) is 11.8 Å². The fourth-order valence-electron chi connectivity index (χ4n) is 2.18. The van der Waals surface area contributed by atoms with E-state index in [0.29, 0.717) is 0 Å². The number of hydrogen-bond donors (Lipinski definition) is 0. The summed E-state index contributed by atoms with van der Waals surface area (Å²) >= 11 is 12.4. The second-order valence-electron chi connectivity index (χ2n) is 4.49. The molecule has 0 spiro atoms. The van der Waals surface area contributed by atoms with Gasteiger partial charge in [0.25, 0.3) is 0 Å². The van der Waals surface area contributed by atoms with Crippen molar-refractivity contribution >= 4 is 34.2 Å². The van der Waals surface area contributed by atoms with Gasteiger partial charge in [-0.05, 0) is 30.2 Å². The highest BCUT2D eigenvalue weighted by Gasteiger charge is 2.15.